The van der Waals surface area contributed by atoms with Crippen molar-refractivity contribution in [3.05, 3.63) is 30.4 Å². The zero-order valence-corrected chi connectivity index (χ0v) is 10.4. The van der Waals surface area contributed by atoms with Crippen molar-refractivity contribution in [2.45, 2.75) is 0 Å². The first kappa shape index (κ1) is 12.1. The lowest BCUT2D eigenvalue weighted by Gasteiger charge is -2.05. The number of hydrogen-bond donors (Lipinski definition) is 0. The Bertz CT molecular complexity index is 560. The highest BCUT2D eigenvalue weighted by atomic mass is 16.5. The molecule has 94 valence electrons. The van der Waals surface area contributed by atoms with Gasteiger partial charge < -0.3 is 14.0 Å². The van der Waals surface area contributed by atoms with Gasteiger partial charge in [-0.05, 0) is 12.1 Å². The average molecular weight is 247 g/mol. The van der Waals surface area contributed by atoms with Crippen LogP contribution in [0.15, 0.2) is 24.7 Å². The molecule has 2 heterocycles. The number of pyridine rings is 1. The highest BCUT2D eigenvalue weighted by Crippen LogP contribution is 2.22. The van der Waals surface area contributed by atoms with Crippen molar-refractivity contribution >= 4 is 5.97 Å². The van der Waals surface area contributed by atoms with Crippen molar-refractivity contribution in [1.82, 2.24) is 14.5 Å². The summed E-state index contributed by atoms with van der Waals surface area (Å²) in [4.78, 5) is 19.9. The van der Waals surface area contributed by atoms with E-state index in [2.05, 4.69) is 14.7 Å². The first-order valence-electron chi connectivity index (χ1n) is 5.27. The van der Waals surface area contributed by atoms with Crippen molar-refractivity contribution in [3.8, 4) is 17.1 Å². The molecule has 0 spiro atoms. The van der Waals surface area contributed by atoms with E-state index in [1.807, 2.05) is 0 Å². The molecule has 0 aromatic carbocycles. The summed E-state index contributed by atoms with van der Waals surface area (Å²) in [5, 5.41) is 0. The van der Waals surface area contributed by atoms with Crippen molar-refractivity contribution in [1.29, 1.82) is 0 Å². The third-order valence-electron chi connectivity index (χ3n) is 2.53. The molecular weight excluding hydrogens is 234 g/mol. The molecule has 0 amide bonds. The van der Waals surface area contributed by atoms with Crippen LogP contribution in [0.2, 0.25) is 0 Å². The lowest BCUT2D eigenvalue weighted by molar-refractivity contribution is 0.0595. The van der Waals surface area contributed by atoms with Crippen molar-refractivity contribution in [2.75, 3.05) is 14.2 Å². The predicted molar refractivity (Wildman–Crippen MR) is 64.3 cm³/mol. The molecule has 0 atom stereocenters. The molecule has 6 heteroatoms. The SMILES string of the molecule is COC(=O)c1ncn(C)c1-c1ccc(OC)cn1. The number of carbonyl (C=O) groups excluding carboxylic acids is 1. The topological polar surface area (TPSA) is 66.2 Å². The minimum absolute atomic E-state index is 0.248. The second-order valence-corrected chi connectivity index (χ2v) is 3.63. The van der Waals surface area contributed by atoms with E-state index in [1.54, 1.807) is 43.4 Å². The molecule has 0 aliphatic heterocycles. The Morgan fingerprint density at radius 1 is 1.28 bits per heavy atom. The van der Waals surface area contributed by atoms with Crippen LogP contribution in [0.1, 0.15) is 10.5 Å². The Balaban J connectivity index is 2.48. The molecule has 0 aliphatic rings. The largest absolute Gasteiger partial charge is 0.495 e. The zero-order chi connectivity index (χ0) is 13.1. The second-order valence-electron chi connectivity index (χ2n) is 3.63. The first-order valence-corrected chi connectivity index (χ1v) is 5.27. The number of ether oxygens (including phenoxy) is 2. The van der Waals surface area contributed by atoms with Gasteiger partial charge in [-0.3, -0.25) is 4.98 Å². The van der Waals surface area contributed by atoms with Crippen LogP contribution < -0.4 is 4.74 Å². The van der Waals surface area contributed by atoms with Crippen LogP contribution in [0.3, 0.4) is 0 Å². The van der Waals surface area contributed by atoms with E-state index in [0.717, 1.165) is 0 Å². The van der Waals surface area contributed by atoms with Gasteiger partial charge >= 0.3 is 5.97 Å². The Hall–Kier alpha value is -2.37. The number of nitrogens with zero attached hydrogens (tertiary/aromatic N) is 3. The monoisotopic (exact) mass is 247 g/mol. The highest BCUT2D eigenvalue weighted by molar-refractivity contribution is 5.93. The zero-order valence-electron chi connectivity index (χ0n) is 10.4. The molecule has 2 aromatic heterocycles. The summed E-state index contributed by atoms with van der Waals surface area (Å²) in [6, 6.07) is 3.54. The quantitative estimate of drug-likeness (QED) is 0.764. The highest BCUT2D eigenvalue weighted by Gasteiger charge is 2.19. The number of esters is 1. The summed E-state index contributed by atoms with van der Waals surface area (Å²) in [5.74, 6) is 0.170. The number of imidazole rings is 1. The number of carbonyl (C=O) groups is 1. The molecule has 0 bridgehead atoms. The summed E-state index contributed by atoms with van der Waals surface area (Å²) in [6.07, 6.45) is 3.14. The maximum absolute atomic E-state index is 11.6. The van der Waals surface area contributed by atoms with Gasteiger partial charge in [-0.1, -0.05) is 0 Å². The van der Waals surface area contributed by atoms with Crippen LogP contribution in [0, 0.1) is 0 Å². The molecule has 6 nitrogen and oxygen atoms in total. The minimum atomic E-state index is -0.483. The molecule has 18 heavy (non-hydrogen) atoms. The molecule has 0 N–H and O–H groups in total. The molecule has 0 aliphatic carbocycles. The molecule has 0 saturated heterocycles. The molecule has 2 rings (SSSR count). The lowest BCUT2D eigenvalue weighted by atomic mass is 10.2. The third kappa shape index (κ3) is 2.04. The Kier molecular flexibility index (Phi) is 3.27. The van der Waals surface area contributed by atoms with Crippen molar-refractivity contribution in [2.24, 2.45) is 7.05 Å². The van der Waals surface area contributed by atoms with Crippen LogP contribution in [0.25, 0.3) is 11.4 Å². The second kappa shape index (κ2) is 4.87. The van der Waals surface area contributed by atoms with Crippen molar-refractivity contribution in [3.63, 3.8) is 0 Å². The molecule has 0 radical (unpaired) electrons. The molecular formula is C12H13N3O3. The number of aryl methyl sites for hydroxylation is 1. The molecule has 0 unspecified atom stereocenters. The number of aromatic nitrogens is 3. The van der Waals surface area contributed by atoms with E-state index in [4.69, 9.17) is 4.74 Å². The Morgan fingerprint density at radius 3 is 2.61 bits per heavy atom. The van der Waals surface area contributed by atoms with Crippen LogP contribution in [0.5, 0.6) is 5.75 Å². The summed E-state index contributed by atoms with van der Waals surface area (Å²) in [5.41, 5.74) is 1.50. The number of rotatable bonds is 3. The van der Waals surface area contributed by atoms with Gasteiger partial charge in [0.05, 0.1) is 32.4 Å². The predicted octanol–water partition coefficient (Wildman–Crippen LogP) is 1.28. The van der Waals surface area contributed by atoms with Gasteiger partial charge in [0.15, 0.2) is 5.69 Å². The summed E-state index contributed by atoms with van der Waals surface area (Å²) in [6.45, 7) is 0. The van der Waals surface area contributed by atoms with Gasteiger partial charge in [-0.2, -0.15) is 0 Å². The molecule has 0 fully saturated rings. The van der Waals surface area contributed by atoms with E-state index in [0.29, 0.717) is 17.1 Å². The van der Waals surface area contributed by atoms with E-state index in [-0.39, 0.29) is 5.69 Å². The van der Waals surface area contributed by atoms with Crippen molar-refractivity contribution < 1.29 is 14.3 Å². The van der Waals surface area contributed by atoms with E-state index in [1.165, 1.54) is 7.11 Å². The third-order valence-corrected chi connectivity index (χ3v) is 2.53. The van der Waals surface area contributed by atoms with E-state index >= 15 is 0 Å². The molecule has 2 aromatic rings. The van der Waals surface area contributed by atoms with Gasteiger partial charge in [-0.25, -0.2) is 9.78 Å². The van der Waals surface area contributed by atoms with Crippen LogP contribution in [0.4, 0.5) is 0 Å². The summed E-state index contributed by atoms with van der Waals surface area (Å²) >= 11 is 0. The van der Waals surface area contributed by atoms with Gasteiger partial charge in [0.2, 0.25) is 0 Å². The normalized spacial score (nSPS) is 10.2. The number of hydrogen-bond acceptors (Lipinski definition) is 5. The summed E-state index contributed by atoms with van der Waals surface area (Å²) < 4.78 is 11.5. The van der Waals surface area contributed by atoms with E-state index < -0.39 is 5.97 Å². The van der Waals surface area contributed by atoms with Crippen LogP contribution in [-0.2, 0) is 11.8 Å². The Morgan fingerprint density at radius 2 is 2.06 bits per heavy atom. The van der Waals surface area contributed by atoms with Gasteiger partial charge in [0, 0.05) is 7.05 Å². The minimum Gasteiger partial charge on any atom is -0.495 e. The van der Waals surface area contributed by atoms with Gasteiger partial charge in [-0.15, -0.1) is 0 Å². The smallest absolute Gasteiger partial charge is 0.358 e. The average Bonchev–Trinajstić information content (AvgIpc) is 2.80. The van der Waals surface area contributed by atoms with Crippen LogP contribution >= 0.6 is 0 Å². The van der Waals surface area contributed by atoms with Gasteiger partial charge in [0.25, 0.3) is 0 Å². The maximum atomic E-state index is 11.6. The fraction of sp³-hybridized carbons (Fsp3) is 0.250. The maximum Gasteiger partial charge on any atom is 0.358 e. The fourth-order valence-corrected chi connectivity index (χ4v) is 1.62. The first-order chi connectivity index (χ1) is 8.67. The Labute approximate surface area is 104 Å². The summed E-state index contributed by atoms with van der Waals surface area (Å²) in [7, 11) is 4.68. The lowest BCUT2D eigenvalue weighted by Crippen LogP contribution is -2.05. The van der Waals surface area contributed by atoms with Crippen LogP contribution in [-0.4, -0.2) is 34.7 Å². The molecule has 0 saturated carbocycles. The standard InChI is InChI=1S/C12H13N3O3/c1-15-7-14-10(12(16)18-3)11(15)9-5-4-8(17-2)6-13-9/h4-7H,1-3H3. The van der Waals surface area contributed by atoms with Gasteiger partial charge in [0.1, 0.15) is 11.4 Å². The fourth-order valence-electron chi connectivity index (χ4n) is 1.62. The van der Waals surface area contributed by atoms with E-state index in [9.17, 15) is 4.79 Å². The number of methoxy groups -OCH3 is 2.